The predicted molar refractivity (Wildman–Crippen MR) is 39.3 cm³/mol. The summed E-state index contributed by atoms with van der Waals surface area (Å²) in [4.78, 5) is 7.31. The standard InChI is InChI=1S/C5H5ClN4/c6-5-4(8)3(1-7)9-2-10-5/h1-2,7H,8H2. The SMILES string of the molecule is N=Cc1ncnc(Cl)c1N. The molecule has 0 radical (unpaired) electrons. The van der Waals surface area contributed by atoms with Crippen molar-refractivity contribution in [3.8, 4) is 0 Å². The van der Waals surface area contributed by atoms with Crippen molar-refractivity contribution in [3.63, 3.8) is 0 Å². The molecule has 1 heterocycles. The lowest BCUT2D eigenvalue weighted by Crippen LogP contribution is -1.98. The second-order valence-electron chi connectivity index (χ2n) is 1.61. The van der Waals surface area contributed by atoms with E-state index in [-0.39, 0.29) is 10.8 Å². The van der Waals surface area contributed by atoms with Gasteiger partial charge in [-0.15, -0.1) is 0 Å². The van der Waals surface area contributed by atoms with Gasteiger partial charge in [-0.2, -0.15) is 0 Å². The molecule has 0 aromatic carbocycles. The lowest BCUT2D eigenvalue weighted by molar-refractivity contribution is 1.16. The summed E-state index contributed by atoms with van der Waals surface area (Å²) in [5, 5.41) is 7.02. The van der Waals surface area contributed by atoms with Crippen LogP contribution in [0.1, 0.15) is 5.69 Å². The Labute approximate surface area is 62.6 Å². The highest BCUT2D eigenvalue weighted by Gasteiger charge is 2.00. The molecule has 5 heteroatoms. The van der Waals surface area contributed by atoms with Crippen molar-refractivity contribution in [2.75, 3.05) is 5.73 Å². The molecule has 0 unspecified atom stereocenters. The number of nitrogens with zero attached hydrogens (tertiary/aromatic N) is 2. The number of hydrogen-bond acceptors (Lipinski definition) is 4. The second kappa shape index (κ2) is 2.62. The highest BCUT2D eigenvalue weighted by molar-refractivity contribution is 6.32. The van der Waals surface area contributed by atoms with Crippen LogP contribution in [0.15, 0.2) is 6.33 Å². The molecule has 0 saturated carbocycles. The number of rotatable bonds is 1. The van der Waals surface area contributed by atoms with E-state index in [1.165, 1.54) is 6.33 Å². The van der Waals surface area contributed by atoms with Crippen LogP contribution in [0.2, 0.25) is 5.15 Å². The normalized spacial score (nSPS) is 9.30. The van der Waals surface area contributed by atoms with Crippen molar-refractivity contribution in [3.05, 3.63) is 17.2 Å². The molecule has 0 aliphatic heterocycles. The van der Waals surface area contributed by atoms with Crippen LogP contribution in [0.5, 0.6) is 0 Å². The van der Waals surface area contributed by atoms with Crippen LogP contribution in [0.4, 0.5) is 5.69 Å². The Balaban J connectivity index is 3.27. The van der Waals surface area contributed by atoms with Gasteiger partial charge in [-0.05, 0) is 0 Å². The number of halogens is 1. The zero-order valence-electron chi connectivity index (χ0n) is 5.00. The zero-order chi connectivity index (χ0) is 7.56. The molecule has 0 bridgehead atoms. The number of anilines is 1. The monoisotopic (exact) mass is 156 g/mol. The van der Waals surface area contributed by atoms with Gasteiger partial charge in [0, 0.05) is 6.21 Å². The van der Waals surface area contributed by atoms with Crippen molar-refractivity contribution in [2.45, 2.75) is 0 Å². The zero-order valence-corrected chi connectivity index (χ0v) is 5.76. The highest BCUT2D eigenvalue weighted by Crippen LogP contribution is 2.15. The van der Waals surface area contributed by atoms with Gasteiger partial charge in [-0.25, -0.2) is 9.97 Å². The van der Waals surface area contributed by atoms with E-state index in [2.05, 4.69) is 9.97 Å². The largest absolute Gasteiger partial charge is 0.394 e. The minimum absolute atomic E-state index is 0.188. The molecule has 10 heavy (non-hydrogen) atoms. The molecular weight excluding hydrogens is 152 g/mol. The summed E-state index contributed by atoms with van der Waals surface area (Å²) in [6, 6.07) is 0. The first kappa shape index (κ1) is 6.95. The molecule has 0 saturated heterocycles. The van der Waals surface area contributed by atoms with E-state index in [4.69, 9.17) is 22.7 Å². The van der Waals surface area contributed by atoms with Crippen LogP contribution in [0.3, 0.4) is 0 Å². The van der Waals surface area contributed by atoms with Crippen LogP contribution >= 0.6 is 11.6 Å². The molecule has 3 N–H and O–H groups in total. The summed E-state index contributed by atoms with van der Waals surface area (Å²) in [6.07, 6.45) is 2.29. The maximum Gasteiger partial charge on any atom is 0.156 e. The molecule has 1 aromatic heterocycles. The number of aromatic nitrogens is 2. The number of nitrogen functional groups attached to an aromatic ring is 1. The van der Waals surface area contributed by atoms with E-state index < -0.39 is 0 Å². The van der Waals surface area contributed by atoms with Gasteiger partial charge < -0.3 is 11.1 Å². The van der Waals surface area contributed by atoms with E-state index in [1.807, 2.05) is 0 Å². The smallest absolute Gasteiger partial charge is 0.156 e. The van der Waals surface area contributed by atoms with Gasteiger partial charge in [-0.1, -0.05) is 11.6 Å². The van der Waals surface area contributed by atoms with Gasteiger partial charge >= 0.3 is 0 Å². The predicted octanol–water partition coefficient (Wildman–Crippen LogP) is 0.710. The van der Waals surface area contributed by atoms with Crippen LogP contribution in [-0.4, -0.2) is 16.2 Å². The quantitative estimate of drug-likeness (QED) is 0.465. The lowest BCUT2D eigenvalue weighted by Gasteiger charge is -1.96. The maximum atomic E-state index is 6.83. The van der Waals surface area contributed by atoms with Crippen LogP contribution in [0, 0.1) is 5.41 Å². The third kappa shape index (κ3) is 1.06. The van der Waals surface area contributed by atoms with Gasteiger partial charge in [-0.3, -0.25) is 0 Å². The summed E-state index contributed by atoms with van der Waals surface area (Å²) < 4.78 is 0. The molecule has 52 valence electrons. The molecule has 1 rings (SSSR count). The first-order valence-electron chi connectivity index (χ1n) is 2.52. The third-order valence-corrected chi connectivity index (χ3v) is 1.30. The average Bonchev–Trinajstić information content (AvgIpc) is 1.95. The fraction of sp³-hybridized carbons (Fsp3) is 0. The van der Waals surface area contributed by atoms with E-state index in [9.17, 15) is 0 Å². The number of nitrogens with one attached hydrogen (secondary N) is 1. The van der Waals surface area contributed by atoms with Crippen molar-refractivity contribution in [1.29, 1.82) is 5.41 Å². The van der Waals surface area contributed by atoms with Crippen LogP contribution < -0.4 is 5.73 Å². The Bertz CT molecular complexity index is 260. The summed E-state index contributed by atoms with van der Waals surface area (Å²) in [6.45, 7) is 0. The molecule has 0 aliphatic rings. The van der Waals surface area contributed by atoms with E-state index >= 15 is 0 Å². The topological polar surface area (TPSA) is 75.7 Å². The highest BCUT2D eigenvalue weighted by atomic mass is 35.5. The van der Waals surface area contributed by atoms with Crippen molar-refractivity contribution in [1.82, 2.24) is 9.97 Å². The Kier molecular flexibility index (Phi) is 1.82. The van der Waals surface area contributed by atoms with Crippen LogP contribution in [-0.2, 0) is 0 Å². The van der Waals surface area contributed by atoms with Gasteiger partial charge in [0.05, 0.1) is 5.69 Å². The Morgan fingerprint density at radius 2 is 2.30 bits per heavy atom. The van der Waals surface area contributed by atoms with Gasteiger partial charge in [0.15, 0.2) is 5.15 Å². The molecule has 0 amide bonds. The lowest BCUT2D eigenvalue weighted by atomic mass is 10.4. The van der Waals surface area contributed by atoms with E-state index in [0.29, 0.717) is 5.69 Å². The minimum atomic E-state index is 0.188. The molecular formula is C5H5ClN4. The van der Waals surface area contributed by atoms with E-state index in [0.717, 1.165) is 6.21 Å². The Morgan fingerprint density at radius 3 is 2.80 bits per heavy atom. The first-order valence-corrected chi connectivity index (χ1v) is 2.90. The first-order chi connectivity index (χ1) is 4.75. The second-order valence-corrected chi connectivity index (χ2v) is 1.97. The third-order valence-electron chi connectivity index (χ3n) is 1.00. The molecule has 1 aromatic rings. The summed E-state index contributed by atoms with van der Waals surface area (Å²) in [5.41, 5.74) is 5.98. The summed E-state index contributed by atoms with van der Waals surface area (Å²) in [5.74, 6) is 0. The fourth-order valence-electron chi connectivity index (χ4n) is 0.502. The number of hydrogen-bond donors (Lipinski definition) is 2. The minimum Gasteiger partial charge on any atom is -0.394 e. The summed E-state index contributed by atoms with van der Waals surface area (Å²) in [7, 11) is 0. The van der Waals surface area contributed by atoms with Crippen molar-refractivity contribution >= 4 is 23.5 Å². The summed E-state index contributed by atoms with van der Waals surface area (Å²) >= 11 is 5.51. The molecule has 0 atom stereocenters. The molecule has 4 nitrogen and oxygen atoms in total. The van der Waals surface area contributed by atoms with Gasteiger partial charge in [0.25, 0.3) is 0 Å². The molecule has 0 aliphatic carbocycles. The van der Waals surface area contributed by atoms with E-state index in [1.54, 1.807) is 0 Å². The number of nitrogens with two attached hydrogens (primary N) is 1. The average molecular weight is 157 g/mol. The maximum absolute atomic E-state index is 6.83. The Morgan fingerprint density at radius 1 is 1.60 bits per heavy atom. The van der Waals surface area contributed by atoms with Gasteiger partial charge in [0.2, 0.25) is 0 Å². The molecule has 0 spiro atoms. The molecule has 0 fully saturated rings. The van der Waals surface area contributed by atoms with Crippen molar-refractivity contribution in [2.24, 2.45) is 0 Å². The van der Waals surface area contributed by atoms with Crippen molar-refractivity contribution < 1.29 is 0 Å². The Hall–Kier alpha value is -1.16. The van der Waals surface area contributed by atoms with Crippen LogP contribution in [0.25, 0.3) is 0 Å². The van der Waals surface area contributed by atoms with Gasteiger partial charge in [0.1, 0.15) is 12.0 Å². The fourth-order valence-corrected chi connectivity index (χ4v) is 0.642.